The zero-order valence-electron chi connectivity index (χ0n) is 11.6. The molecule has 0 saturated carbocycles. The van der Waals surface area contributed by atoms with Gasteiger partial charge in [0.25, 0.3) is 0 Å². The van der Waals surface area contributed by atoms with E-state index >= 15 is 0 Å². The minimum absolute atomic E-state index is 0.00708. The normalized spacial score (nSPS) is 23.8. The summed E-state index contributed by atoms with van der Waals surface area (Å²) in [6, 6.07) is 0.456. The maximum Gasteiger partial charge on any atom is 0.322 e. The molecule has 0 bridgehead atoms. The van der Waals surface area contributed by atoms with Crippen molar-refractivity contribution < 1.29 is 9.47 Å². The molecule has 1 aliphatic rings. The molecule has 1 saturated heterocycles. The van der Waals surface area contributed by atoms with Crippen LogP contribution < -0.4 is 9.64 Å². The van der Waals surface area contributed by atoms with Crippen LogP contribution in [-0.4, -0.2) is 46.4 Å². The van der Waals surface area contributed by atoms with Gasteiger partial charge in [0, 0.05) is 6.54 Å². The summed E-state index contributed by atoms with van der Waals surface area (Å²) in [5.74, 6) is 0.540. The lowest BCUT2D eigenvalue weighted by atomic mass is 10.2. The topological polar surface area (TPSA) is 60.4 Å². The predicted molar refractivity (Wildman–Crippen MR) is 72.8 cm³/mol. The first-order chi connectivity index (χ1) is 8.95. The number of rotatable bonds is 3. The van der Waals surface area contributed by atoms with Gasteiger partial charge in [0.05, 0.1) is 24.9 Å². The Kier molecular flexibility index (Phi) is 4.42. The maximum absolute atomic E-state index is 5.94. The Bertz CT molecular complexity index is 444. The Labute approximate surface area is 118 Å². The highest BCUT2D eigenvalue weighted by Crippen LogP contribution is 2.21. The first kappa shape index (κ1) is 14.3. The lowest BCUT2D eigenvalue weighted by molar-refractivity contribution is 0.0335. The molecule has 1 aromatic heterocycles. The smallest absolute Gasteiger partial charge is 0.322 e. The van der Waals surface area contributed by atoms with Gasteiger partial charge in [-0.3, -0.25) is 0 Å². The second-order valence-corrected chi connectivity index (χ2v) is 5.34. The molecule has 0 spiro atoms. The van der Waals surface area contributed by atoms with Crippen molar-refractivity contribution in [3.8, 4) is 6.01 Å². The van der Waals surface area contributed by atoms with E-state index < -0.39 is 0 Å². The van der Waals surface area contributed by atoms with Gasteiger partial charge in [-0.2, -0.15) is 15.0 Å². The zero-order chi connectivity index (χ0) is 14.0. The number of anilines is 1. The first-order valence-electron chi connectivity index (χ1n) is 6.42. The number of aromatic nitrogens is 3. The summed E-state index contributed by atoms with van der Waals surface area (Å²) < 4.78 is 11.1. The molecule has 0 aromatic carbocycles. The van der Waals surface area contributed by atoms with E-state index in [4.69, 9.17) is 21.1 Å². The van der Waals surface area contributed by atoms with Crippen molar-refractivity contribution in [3.05, 3.63) is 5.28 Å². The Hall–Kier alpha value is -1.14. The van der Waals surface area contributed by atoms with Gasteiger partial charge < -0.3 is 14.4 Å². The van der Waals surface area contributed by atoms with Crippen molar-refractivity contribution in [2.24, 2.45) is 0 Å². The Balaban J connectivity index is 2.25. The van der Waals surface area contributed by atoms with Gasteiger partial charge in [0.2, 0.25) is 11.2 Å². The van der Waals surface area contributed by atoms with Gasteiger partial charge in [-0.05, 0) is 39.3 Å². The van der Waals surface area contributed by atoms with Crippen LogP contribution in [0.15, 0.2) is 0 Å². The van der Waals surface area contributed by atoms with Gasteiger partial charge in [0.1, 0.15) is 0 Å². The van der Waals surface area contributed by atoms with Gasteiger partial charge in [-0.25, -0.2) is 0 Å². The molecule has 0 amide bonds. The largest absolute Gasteiger partial charge is 0.461 e. The fourth-order valence-corrected chi connectivity index (χ4v) is 2.04. The van der Waals surface area contributed by atoms with E-state index in [2.05, 4.69) is 26.8 Å². The third kappa shape index (κ3) is 3.67. The summed E-state index contributed by atoms with van der Waals surface area (Å²) >= 11 is 5.94. The maximum atomic E-state index is 5.94. The molecule has 2 rings (SSSR count). The lowest BCUT2D eigenvalue weighted by Crippen LogP contribution is -2.48. The van der Waals surface area contributed by atoms with E-state index in [0.717, 1.165) is 6.54 Å². The fraction of sp³-hybridized carbons (Fsp3) is 0.750. The summed E-state index contributed by atoms with van der Waals surface area (Å²) in [5.41, 5.74) is 0. The second-order valence-electron chi connectivity index (χ2n) is 5.00. The summed E-state index contributed by atoms with van der Waals surface area (Å²) in [6.45, 7) is 9.28. The van der Waals surface area contributed by atoms with Crippen LogP contribution in [0.25, 0.3) is 0 Å². The summed E-state index contributed by atoms with van der Waals surface area (Å²) in [5, 5.41) is 0.145. The van der Waals surface area contributed by atoms with E-state index in [1.54, 1.807) is 0 Å². The van der Waals surface area contributed by atoms with E-state index in [1.807, 2.05) is 20.8 Å². The molecule has 6 nitrogen and oxygen atoms in total. The summed E-state index contributed by atoms with van der Waals surface area (Å²) in [6.07, 6.45) is 0.133. The van der Waals surface area contributed by atoms with Gasteiger partial charge in [-0.1, -0.05) is 0 Å². The molecule has 2 unspecified atom stereocenters. The van der Waals surface area contributed by atoms with Crippen molar-refractivity contribution >= 4 is 17.5 Å². The van der Waals surface area contributed by atoms with E-state index in [1.165, 1.54) is 0 Å². The van der Waals surface area contributed by atoms with Crippen molar-refractivity contribution in [1.82, 2.24) is 15.0 Å². The molecular weight excluding hydrogens is 268 g/mol. The van der Waals surface area contributed by atoms with Crippen LogP contribution >= 0.6 is 11.6 Å². The van der Waals surface area contributed by atoms with Crippen LogP contribution in [0, 0.1) is 0 Å². The number of halogens is 1. The molecular formula is C12H19ClN4O2. The van der Waals surface area contributed by atoms with Crippen molar-refractivity contribution in [2.75, 3.05) is 18.1 Å². The molecule has 1 fully saturated rings. The number of ether oxygens (including phenoxy) is 2. The molecule has 0 radical (unpaired) electrons. The number of hydrogen-bond acceptors (Lipinski definition) is 6. The van der Waals surface area contributed by atoms with Crippen LogP contribution in [0.3, 0.4) is 0 Å². The molecule has 2 atom stereocenters. The van der Waals surface area contributed by atoms with E-state index in [9.17, 15) is 0 Å². The minimum atomic E-state index is -0.00708. The third-order valence-electron chi connectivity index (χ3n) is 2.78. The first-order valence-corrected chi connectivity index (χ1v) is 6.80. The Morgan fingerprint density at radius 3 is 2.74 bits per heavy atom. The standard InChI is InChI=1S/C12H19ClN4O2/c1-7(2)19-12-15-10(13)14-11(16-12)17-5-9(4)18-6-8(17)3/h7-9H,5-6H2,1-4H3. The van der Waals surface area contributed by atoms with Crippen molar-refractivity contribution in [2.45, 2.75) is 45.9 Å². The summed E-state index contributed by atoms with van der Waals surface area (Å²) in [4.78, 5) is 14.5. The number of nitrogens with zero attached hydrogens (tertiary/aromatic N) is 4. The number of hydrogen-bond donors (Lipinski definition) is 0. The third-order valence-corrected chi connectivity index (χ3v) is 2.95. The Morgan fingerprint density at radius 2 is 2.05 bits per heavy atom. The monoisotopic (exact) mass is 286 g/mol. The van der Waals surface area contributed by atoms with Crippen molar-refractivity contribution in [1.29, 1.82) is 0 Å². The van der Waals surface area contributed by atoms with Gasteiger partial charge in [-0.15, -0.1) is 0 Å². The van der Waals surface area contributed by atoms with Gasteiger partial charge in [0.15, 0.2) is 0 Å². The molecule has 2 heterocycles. The fourth-order valence-electron chi connectivity index (χ4n) is 1.90. The average molecular weight is 287 g/mol. The second kappa shape index (κ2) is 5.88. The molecule has 106 valence electrons. The summed E-state index contributed by atoms with van der Waals surface area (Å²) in [7, 11) is 0. The van der Waals surface area contributed by atoms with Crippen LogP contribution in [0.5, 0.6) is 6.01 Å². The van der Waals surface area contributed by atoms with Crippen LogP contribution in [0.2, 0.25) is 5.28 Å². The molecule has 0 aliphatic carbocycles. The molecule has 7 heteroatoms. The van der Waals surface area contributed by atoms with Crippen LogP contribution in [0.4, 0.5) is 5.95 Å². The highest BCUT2D eigenvalue weighted by molar-refractivity contribution is 6.28. The quantitative estimate of drug-likeness (QED) is 0.846. The molecule has 1 aliphatic heterocycles. The number of morpholine rings is 1. The predicted octanol–water partition coefficient (Wildman–Crippen LogP) is 1.93. The van der Waals surface area contributed by atoms with E-state index in [-0.39, 0.29) is 29.5 Å². The minimum Gasteiger partial charge on any atom is -0.461 e. The van der Waals surface area contributed by atoms with E-state index in [0.29, 0.717) is 12.6 Å². The molecule has 1 aromatic rings. The lowest BCUT2D eigenvalue weighted by Gasteiger charge is -2.36. The van der Waals surface area contributed by atoms with Gasteiger partial charge >= 0.3 is 6.01 Å². The SMILES string of the molecule is CC(C)Oc1nc(Cl)nc(N2CC(C)OCC2C)n1. The molecule has 0 N–H and O–H groups in total. The zero-order valence-corrected chi connectivity index (χ0v) is 12.4. The average Bonchev–Trinajstić information content (AvgIpc) is 2.30. The van der Waals surface area contributed by atoms with Crippen LogP contribution in [-0.2, 0) is 4.74 Å². The highest BCUT2D eigenvalue weighted by Gasteiger charge is 2.26. The van der Waals surface area contributed by atoms with Crippen molar-refractivity contribution in [3.63, 3.8) is 0 Å². The molecule has 19 heavy (non-hydrogen) atoms. The highest BCUT2D eigenvalue weighted by atomic mass is 35.5. The van der Waals surface area contributed by atoms with Crippen LogP contribution in [0.1, 0.15) is 27.7 Å². The Morgan fingerprint density at radius 1 is 1.32 bits per heavy atom.